The molecule has 0 saturated heterocycles. The van der Waals surface area contributed by atoms with Crippen LogP contribution in [0.4, 0.5) is 5.82 Å². The van der Waals surface area contributed by atoms with Gasteiger partial charge in [-0.15, -0.1) is 0 Å². The van der Waals surface area contributed by atoms with Crippen LogP contribution < -0.4 is 10.1 Å². The number of ether oxygens (including phenoxy) is 1. The highest BCUT2D eigenvalue weighted by molar-refractivity contribution is 5.81. The van der Waals surface area contributed by atoms with Gasteiger partial charge in [-0.25, -0.2) is 15.0 Å². The Hall–Kier alpha value is -3.41. The van der Waals surface area contributed by atoms with E-state index in [1.165, 1.54) is 5.56 Å². The molecule has 6 heteroatoms. The Morgan fingerprint density at radius 3 is 2.73 bits per heavy atom. The van der Waals surface area contributed by atoms with E-state index in [0.717, 1.165) is 40.4 Å². The molecule has 0 saturated carbocycles. The molecule has 0 spiro atoms. The number of anilines is 1. The molecule has 0 radical (unpaired) electrons. The maximum atomic E-state index is 5.53. The van der Waals surface area contributed by atoms with Gasteiger partial charge in [0, 0.05) is 43.0 Å². The Bertz CT molecular complexity index is 1150. The standard InChI is InChI=1S/C24H27N5O/c1-16(17(2)20-7-5-6-8-22(20)30-4)13-25-23-12-21(27-15-28-23)19-11-18-9-10-29(3)24(18)26-14-19/h5-12,14-17H,13H2,1-4H3,(H,25,27,28)/t16-,17?/m1/s1. The minimum atomic E-state index is 0.347. The Morgan fingerprint density at radius 2 is 1.90 bits per heavy atom. The predicted octanol–water partition coefficient (Wildman–Crippen LogP) is 4.89. The molecule has 0 amide bonds. The molecule has 4 aromatic rings. The van der Waals surface area contributed by atoms with Gasteiger partial charge in [-0.2, -0.15) is 0 Å². The van der Waals surface area contributed by atoms with Crippen molar-refractivity contribution in [2.24, 2.45) is 13.0 Å². The molecule has 0 aliphatic carbocycles. The number of benzene rings is 1. The molecule has 3 heterocycles. The van der Waals surface area contributed by atoms with Crippen LogP contribution >= 0.6 is 0 Å². The maximum absolute atomic E-state index is 5.53. The molecule has 1 aromatic carbocycles. The summed E-state index contributed by atoms with van der Waals surface area (Å²) in [4.78, 5) is 13.4. The van der Waals surface area contributed by atoms with E-state index < -0.39 is 0 Å². The molecular weight excluding hydrogens is 374 g/mol. The first-order chi connectivity index (χ1) is 14.6. The maximum Gasteiger partial charge on any atom is 0.139 e. The largest absolute Gasteiger partial charge is 0.496 e. The van der Waals surface area contributed by atoms with Crippen molar-refractivity contribution in [3.63, 3.8) is 0 Å². The molecular formula is C24H27N5O. The number of pyridine rings is 1. The Labute approximate surface area is 177 Å². The van der Waals surface area contributed by atoms with Crippen LogP contribution in [-0.4, -0.2) is 33.2 Å². The molecule has 0 aliphatic heterocycles. The van der Waals surface area contributed by atoms with Gasteiger partial charge in [0.15, 0.2) is 0 Å². The molecule has 2 atom stereocenters. The van der Waals surface area contributed by atoms with Gasteiger partial charge in [0.05, 0.1) is 12.8 Å². The van der Waals surface area contributed by atoms with Gasteiger partial charge < -0.3 is 14.6 Å². The summed E-state index contributed by atoms with van der Waals surface area (Å²) in [7, 11) is 3.72. The van der Waals surface area contributed by atoms with E-state index in [0.29, 0.717) is 11.8 Å². The highest BCUT2D eigenvalue weighted by atomic mass is 16.5. The van der Waals surface area contributed by atoms with Crippen LogP contribution in [0.3, 0.4) is 0 Å². The van der Waals surface area contributed by atoms with Crippen LogP contribution in [0.15, 0.2) is 61.2 Å². The third-order valence-electron chi connectivity index (χ3n) is 5.76. The van der Waals surface area contributed by atoms with Gasteiger partial charge in [0.25, 0.3) is 0 Å². The minimum absolute atomic E-state index is 0.347. The third-order valence-corrected chi connectivity index (χ3v) is 5.76. The number of aromatic nitrogens is 4. The van der Waals surface area contributed by atoms with Crippen LogP contribution in [0.25, 0.3) is 22.3 Å². The predicted molar refractivity (Wildman–Crippen MR) is 121 cm³/mol. The van der Waals surface area contributed by atoms with Gasteiger partial charge in [0.1, 0.15) is 23.5 Å². The number of rotatable bonds is 7. The van der Waals surface area contributed by atoms with Crippen LogP contribution in [0.2, 0.25) is 0 Å². The van der Waals surface area contributed by atoms with Crippen molar-refractivity contribution in [3.05, 3.63) is 66.7 Å². The molecule has 6 nitrogen and oxygen atoms in total. The molecule has 0 fully saturated rings. The number of nitrogens with zero attached hydrogens (tertiary/aromatic N) is 4. The lowest BCUT2D eigenvalue weighted by atomic mass is 9.88. The van der Waals surface area contributed by atoms with Gasteiger partial charge >= 0.3 is 0 Å². The van der Waals surface area contributed by atoms with Crippen molar-refractivity contribution in [1.29, 1.82) is 0 Å². The SMILES string of the molecule is COc1ccccc1C(C)[C@H](C)CNc1cc(-c2cnc3c(ccn3C)c2)ncn1. The first-order valence-electron chi connectivity index (χ1n) is 10.2. The second-order valence-corrected chi connectivity index (χ2v) is 7.74. The highest BCUT2D eigenvalue weighted by Crippen LogP contribution is 2.31. The second kappa shape index (κ2) is 8.53. The molecule has 1 unspecified atom stereocenters. The molecule has 154 valence electrons. The molecule has 3 aromatic heterocycles. The Kier molecular flexibility index (Phi) is 5.65. The smallest absolute Gasteiger partial charge is 0.139 e. The summed E-state index contributed by atoms with van der Waals surface area (Å²) in [5.74, 6) is 2.49. The molecule has 4 rings (SSSR count). The summed E-state index contributed by atoms with van der Waals surface area (Å²) in [6.07, 6.45) is 5.47. The van der Waals surface area contributed by atoms with Gasteiger partial charge in [-0.3, -0.25) is 0 Å². The highest BCUT2D eigenvalue weighted by Gasteiger charge is 2.18. The lowest BCUT2D eigenvalue weighted by Gasteiger charge is -2.23. The van der Waals surface area contributed by atoms with E-state index in [4.69, 9.17) is 4.74 Å². The van der Waals surface area contributed by atoms with E-state index in [9.17, 15) is 0 Å². The second-order valence-electron chi connectivity index (χ2n) is 7.74. The van der Waals surface area contributed by atoms with Crippen LogP contribution in [0.5, 0.6) is 5.75 Å². The minimum Gasteiger partial charge on any atom is -0.496 e. The summed E-state index contributed by atoms with van der Waals surface area (Å²) in [5.41, 5.74) is 4.02. The first kappa shape index (κ1) is 19.9. The van der Waals surface area contributed by atoms with Gasteiger partial charge in [-0.05, 0) is 35.6 Å². The number of hydrogen-bond acceptors (Lipinski definition) is 5. The quantitative estimate of drug-likeness (QED) is 0.478. The number of fused-ring (bicyclic) bond motifs is 1. The van der Waals surface area contributed by atoms with Crippen molar-refractivity contribution in [1.82, 2.24) is 19.5 Å². The van der Waals surface area contributed by atoms with Gasteiger partial charge in [0.2, 0.25) is 0 Å². The van der Waals surface area contributed by atoms with Crippen LogP contribution in [-0.2, 0) is 7.05 Å². The number of aryl methyl sites for hydroxylation is 1. The average molecular weight is 402 g/mol. The van der Waals surface area contributed by atoms with Crippen molar-refractivity contribution in [3.8, 4) is 17.0 Å². The summed E-state index contributed by atoms with van der Waals surface area (Å²) < 4.78 is 7.54. The third kappa shape index (κ3) is 3.99. The normalized spacial score (nSPS) is 13.2. The summed E-state index contributed by atoms with van der Waals surface area (Å²) in [5, 5.41) is 4.57. The average Bonchev–Trinajstić information content (AvgIpc) is 3.17. The van der Waals surface area contributed by atoms with E-state index in [1.54, 1.807) is 13.4 Å². The zero-order valence-corrected chi connectivity index (χ0v) is 17.8. The van der Waals surface area contributed by atoms with E-state index >= 15 is 0 Å². The van der Waals surface area contributed by atoms with E-state index in [-0.39, 0.29) is 0 Å². The molecule has 30 heavy (non-hydrogen) atoms. The Morgan fingerprint density at radius 1 is 1.07 bits per heavy atom. The number of para-hydroxylation sites is 1. The monoisotopic (exact) mass is 401 g/mol. The molecule has 0 bridgehead atoms. The molecule has 1 N–H and O–H groups in total. The van der Waals surface area contributed by atoms with Crippen molar-refractivity contribution in [2.45, 2.75) is 19.8 Å². The topological polar surface area (TPSA) is 64.9 Å². The zero-order chi connectivity index (χ0) is 21.1. The zero-order valence-electron chi connectivity index (χ0n) is 17.8. The fourth-order valence-electron chi connectivity index (χ4n) is 3.70. The summed E-state index contributed by atoms with van der Waals surface area (Å²) in [6, 6.07) is 14.4. The van der Waals surface area contributed by atoms with Crippen molar-refractivity contribution in [2.75, 3.05) is 19.0 Å². The number of nitrogens with one attached hydrogen (secondary N) is 1. The fraction of sp³-hybridized carbons (Fsp3) is 0.292. The van der Waals surface area contributed by atoms with E-state index in [2.05, 4.69) is 58.4 Å². The number of hydrogen-bond donors (Lipinski definition) is 1. The van der Waals surface area contributed by atoms with Gasteiger partial charge in [-0.1, -0.05) is 32.0 Å². The van der Waals surface area contributed by atoms with Crippen molar-refractivity contribution < 1.29 is 4.74 Å². The van der Waals surface area contributed by atoms with Crippen molar-refractivity contribution >= 4 is 16.9 Å². The summed E-state index contributed by atoms with van der Waals surface area (Å²) >= 11 is 0. The molecule has 0 aliphatic rings. The summed E-state index contributed by atoms with van der Waals surface area (Å²) in [6.45, 7) is 5.27. The van der Waals surface area contributed by atoms with Crippen LogP contribution in [0, 0.1) is 5.92 Å². The lowest BCUT2D eigenvalue weighted by Crippen LogP contribution is -2.18. The lowest BCUT2D eigenvalue weighted by molar-refractivity contribution is 0.397. The Balaban J connectivity index is 1.47. The number of methoxy groups -OCH3 is 1. The first-order valence-corrected chi connectivity index (χ1v) is 10.2. The van der Waals surface area contributed by atoms with E-state index in [1.807, 2.05) is 42.2 Å². The fourth-order valence-corrected chi connectivity index (χ4v) is 3.70. The van der Waals surface area contributed by atoms with Crippen LogP contribution in [0.1, 0.15) is 25.3 Å².